The Balaban J connectivity index is 2.05. The highest BCUT2D eigenvalue weighted by molar-refractivity contribution is 5.95. The van der Waals surface area contributed by atoms with Crippen LogP contribution in [0.5, 0.6) is 0 Å². The SMILES string of the molecule is COC(=O)NC(=O)[C@@H](C)OC(=O)C[C@@H](NC(=O)c1ccccc1)c1ccccc1. The van der Waals surface area contributed by atoms with E-state index >= 15 is 0 Å². The first-order valence-electron chi connectivity index (χ1n) is 8.90. The van der Waals surface area contributed by atoms with Crippen molar-refractivity contribution in [2.24, 2.45) is 0 Å². The molecule has 2 atom stereocenters. The van der Waals surface area contributed by atoms with Crippen LogP contribution in [0.1, 0.15) is 35.3 Å². The van der Waals surface area contributed by atoms with Crippen molar-refractivity contribution < 1.29 is 28.7 Å². The largest absolute Gasteiger partial charge is 0.453 e. The molecule has 2 N–H and O–H groups in total. The van der Waals surface area contributed by atoms with E-state index in [4.69, 9.17) is 4.74 Å². The maximum atomic E-state index is 12.5. The number of amides is 3. The third-order valence-corrected chi connectivity index (χ3v) is 4.00. The second-order valence-corrected chi connectivity index (χ2v) is 6.12. The highest BCUT2D eigenvalue weighted by atomic mass is 16.6. The molecule has 0 saturated carbocycles. The molecule has 0 aromatic heterocycles. The zero-order valence-corrected chi connectivity index (χ0v) is 16.1. The van der Waals surface area contributed by atoms with Gasteiger partial charge in [0.05, 0.1) is 19.6 Å². The molecule has 0 aliphatic rings. The van der Waals surface area contributed by atoms with Crippen molar-refractivity contribution in [3.05, 3.63) is 71.8 Å². The minimum absolute atomic E-state index is 0.196. The molecule has 3 amide bonds. The molecule has 152 valence electrons. The highest BCUT2D eigenvalue weighted by Gasteiger charge is 2.24. The van der Waals surface area contributed by atoms with E-state index in [0.717, 1.165) is 7.11 Å². The molecule has 0 aliphatic heterocycles. The van der Waals surface area contributed by atoms with Crippen LogP contribution < -0.4 is 10.6 Å². The van der Waals surface area contributed by atoms with Gasteiger partial charge < -0.3 is 14.8 Å². The molecule has 0 heterocycles. The number of imide groups is 1. The summed E-state index contributed by atoms with van der Waals surface area (Å²) in [4.78, 5) is 47.8. The lowest BCUT2D eigenvalue weighted by atomic mass is 10.0. The summed E-state index contributed by atoms with van der Waals surface area (Å²) in [7, 11) is 1.11. The number of nitrogens with one attached hydrogen (secondary N) is 2. The van der Waals surface area contributed by atoms with E-state index < -0.39 is 30.1 Å². The summed E-state index contributed by atoms with van der Waals surface area (Å²) < 4.78 is 9.41. The molecule has 29 heavy (non-hydrogen) atoms. The van der Waals surface area contributed by atoms with Gasteiger partial charge in [0.15, 0.2) is 6.10 Å². The quantitative estimate of drug-likeness (QED) is 0.693. The Morgan fingerprint density at radius 1 is 0.931 bits per heavy atom. The zero-order chi connectivity index (χ0) is 21.2. The van der Waals surface area contributed by atoms with E-state index in [1.54, 1.807) is 54.6 Å². The Bertz CT molecular complexity index is 854. The lowest BCUT2D eigenvalue weighted by molar-refractivity contribution is -0.155. The number of carbonyl (C=O) groups is 4. The third-order valence-electron chi connectivity index (χ3n) is 4.00. The minimum Gasteiger partial charge on any atom is -0.453 e. The van der Waals surface area contributed by atoms with Crippen LogP contribution in [0, 0.1) is 0 Å². The molecule has 8 heteroatoms. The van der Waals surface area contributed by atoms with Gasteiger partial charge in [-0.15, -0.1) is 0 Å². The van der Waals surface area contributed by atoms with E-state index in [9.17, 15) is 19.2 Å². The summed E-state index contributed by atoms with van der Waals surface area (Å²) in [5, 5.41) is 4.74. The second kappa shape index (κ2) is 10.6. The Hall–Kier alpha value is -3.68. The smallest absolute Gasteiger partial charge is 0.413 e. The molecule has 0 radical (unpaired) electrons. The van der Waals surface area contributed by atoms with Gasteiger partial charge in [0.2, 0.25) is 0 Å². The van der Waals surface area contributed by atoms with Crippen molar-refractivity contribution in [1.82, 2.24) is 10.6 Å². The Morgan fingerprint density at radius 3 is 2.10 bits per heavy atom. The standard InChI is InChI=1S/C21H22N2O6/c1-14(19(25)23-21(27)28-2)29-18(24)13-17(15-9-5-3-6-10-15)22-20(26)16-11-7-4-8-12-16/h3-12,14,17H,13H2,1-2H3,(H,22,26)(H,23,25,27)/t14-,17-/m1/s1. The summed E-state index contributed by atoms with van der Waals surface area (Å²) in [5.74, 6) is -1.86. The van der Waals surface area contributed by atoms with Crippen LogP contribution in [0.2, 0.25) is 0 Å². The summed E-state index contributed by atoms with van der Waals surface area (Å²) in [5.41, 5.74) is 1.16. The molecule has 2 aromatic rings. The predicted molar refractivity (Wildman–Crippen MR) is 104 cm³/mol. The van der Waals surface area contributed by atoms with Crippen molar-refractivity contribution in [2.45, 2.75) is 25.5 Å². The number of ether oxygens (including phenoxy) is 2. The lowest BCUT2D eigenvalue weighted by Crippen LogP contribution is -2.40. The first-order chi connectivity index (χ1) is 13.9. The van der Waals surface area contributed by atoms with Crippen molar-refractivity contribution in [3.63, 3.8) is 0 Å². The van der Waals surface area contributed by atoms with Crippen LogP contribution in [0.3, 0.4) is 0 Å². The molecule has 0 saturated heterocycles. The van der Waals surface area contributed by atoms with Crippen LogP contribution in [0.4, 0.5) is 4.79 Å². The monoisotopic (exact) mass is 398 g/mol. The van der Waals surface area contributed by atoms with Gasteiger partial charge in [-0.25, -0.2) is 4.79 Å². The summed E-state index contributed by atoms with van der Waals surface area (Å²) >= 11 is 0. The molecule has 0 fully saturated rings. The summed E-state index contributed by atoms with van der Waals surface area (Å²) in [6.45, 7) is 1.33. The van der Waals surface area contributed by atoms with Gasteiger partial charge in [-0.1, -0.05) is 48.5 Å². The van der Waals surface area contributed by atoms with Crippen LogP contribution in [-0.4, -0.2) is 37.1 Å². The summed E-state index contributed by atoms with van der Waals surface area (Å²) in [6, 6.07) is 16.9. The molecule has 0 bridgehead atoms. The first kappa shape index (κ1) is 21.6. The van der Waals surface area contributed by atoms with E-state index in [2.05, 4.69) is 10.1 Å². The average molecular weight is 398 g/mol. The fourth-order valence-electron chi connectivity index (χ4n) is 2.49. The maximum absolute atomic E-state index is 12.5. The highest BCUT2D eigenvalue weighted by Crippen LogP contribution is 2.18. The second-order valence-electron chi connectivity index (χ2n) is 6.12. The van der Waals surface area contributed by atoms with E-state index in [1.165, 1.54) is 6.92 Å². The van der Waals surface area contributed by atoms with Gasteiger partial charge in [-0.3, -0.25) is 19.7 Å². The zero-order valence-electron chi connectivity index (χ0n) is 16.1. The summed E-state index contributed by atoms with van der Waals surface area (Å²) in [6.07, 6.45) is -2.35. The number of carbonyl (C=O) groups excluding carboxylic acids is 4. The van der Waals surface area contributed by atoms with E-state index in [0.29, 0.717) is 11.1 Å². The van der Waals surface area contributed by atoms with Crippen LogP contribution >= 0.6 is 0 Å². The number of methoxy groups -OCH3 is 1. The van der Waals surface area contributed by atoms with Crippen molar-refractivity contribution in [1.29, 1.82) is 0 Å². The van der Waals surface area contributed by atoms with Crippen molar-refractivity contribution in [2.75, 3.05) is 7.11 Å². The third kappa shape index (κ3) is 6.76. The Kier molecular flexibility index (Phi) is 7.90. The van der Waals surface area contributed by atoms with Gasteiger partial charge in [0.1, 0.15) is 0 Å². The normalized spacial score (nSPS) is 12.2. The van der Waals surface area contributed by atoms with Gasteiger partial charge >= 0.3 is 12.1 Å². The fraction of sp³-hybridized carbons (Fsp3) is 0.238. The van der Waals surface area contributed by atoms with Crippen molar-refractivity contribution in [3.8, 4) is 0 Å². The Labute approximate surface area is 168 Å². The van der Waals surface area contributed by atoms with Crippen LogP contribution in [0.15, 0.2) is 60.7 Å². The molecule has 8 nitrogen and oxygen atoms in total. The first-order valence-corrected chi connectivity index (χ1v) is 8.90. The van der Waals surface area contributed by atoms with Gasteiger partial charge in [-0.2, -0.15) is 0 Å². The minimum atomic E-state index is -1.21. The van der Waals surface area contributed by atoms with Crippen LogP contribution in [0.25, 0.3) is 0 Å². The molecular formula is C21H22N2O6. The number of benzene rings is 2. The topological polar surface area (TPSA) is 111 Å². The molecule has 0 aliphatic carbocycles. The van der Waals surface area contributed by atoms with E-state index in [-0.39, 0.29) is 12.3 Å². The van der Waals surface area contributed by atoms with E-state index in [1.807, 2.05) is 11.4 Å². The predicted octanol–water partition coefficient (Wildman–Crippen LogP) is 2.36. The molecule has 2 aromatic carbocycles. The molecule has 0 spiro atoms. The van der Waals surface area contributed by atoms with Crippen molar-refractivity contribution >= 4 is 23.9 Å². The number of alkyl carbamates (subject to hydrolysis) is 1. The molecule has 2 rings (SSSR count). The average Bonchev–Trinajstić information content (AvgIpc) is 2.74. The number of rotatable bonds is 7. The molecular weight excluding hydrogens is 376 g/mol. The number of hydrogen-bond donors (Lipinski definition) is 2. The van der Waals surface area contributed by atoms with Gasteiger partial charge in [0.25, 0.3) is 11.8 Å². The lowest BCUT2D eigenvalue weighted by Gasteiger charge is -2.20. The Morgan fingerprint density at radius 2 is 1.52 bits per heavy atom. The number of esters is 1. The maximum Gasteiger partial charge on any atom is 0.413 e. The van der Waals surface area contributed by atoms with Gasteiger partial charge in [-0.05, 0) is 24.6 Å². The number of hydrogen-bond acceptors (Lipinski definition) is 6. The van der Waals surface area contributed by atoms with Gasteiger partial charge in [0, 0.05) is 5.56 Å². The van der Waals surface area contributed by atoms with Crippen LogP contribution in [-0.2, 0) is 19.1 Å². The fourth-order valence-corrected chi connectivity index (χ4v) is 2.49. The molecule has 0 unspecified atom stereocenters.